The third kappa shape index (κ3) is 3.56. The zero-order valence-corrected chi connectivity index (χ0v) is 15.0. The van der Waals surface area contributed by atoms with E-state index in [4.69, 9.17) is 9.26 Å². The molecule has 0 radical (unpaired) electrons. The highest BCUT2D eigenvalue weighted by Crippen LogP contribution is 2.34. The van der Waals surface area contributed by atoms with Crippen molar-refractivity contribution in [3.05, 3.63) is 47.9 Å². The maximum absolute atomic E-state index is 12.3. The Bertz CT molecular complexity index is 891. The standard InChI is InChI=1S/C18H17N3O3S/c1-4-23-17(22)16-14(13-9-10-19-18(20-13)25-3)15(21-24-16)12-7-5-11(2)6-8-12/h5-10H,4H2,1-3H3. The van der Waals surface area contributed by atoms with Crippen LogP contribution < -0.4 is 0 Å². The summed E-state index contributed by atoms with van der Waals surface area (Å²) < 4.78 is 10.4. The van der Waals surface area contributed by atoms with E-state index >= 15 is 0 Å². The lowest BCUT2D eigenvalue weighted by atomic mass is 10.0. The lowest BCUT2D eigenvalue weighted by Gasteiger charge is -2.05. The Labute approximate surface area is 149 Å². The van der Waals surface area contributed by atoms with E-state index < -0.39 is 5.97 Å². The number of aryl methyl sites for hydroxylation is 1. The molecule has 1 aromatic carbocycles. The van der Waals surface area contributed by atoms with E-state index in [0.717, 1.165) is 11.1 Å². The molecule has 2 heterocycles. The van der Waals surface area contributed by atoms with Gasteiger partial charge >= 0.3 is 5.97 Å². The summed E-state index contributed by atoms with van der Waals surface area (Å²) in [4.78, 5) is 20.9. The van der Waals surface area contributed by atoms with E-state index in [0.29, 0.717) is 22.1 Å². The van der Waals surface area contributed by atoms with Gasteiger partial charge in [-0.05, 0) is 26.2 Å². The molecule has 25 heavy (non-hydrogen) atoms. The minimum atomic E-state index is -0.562. The van der Waals surface area contributed by atoms with Gasteiger partial charge in [-0.2, -0.15) is 0 Å². The van der Waals surface area contributed by atoms with Crippen molar-refractivity contribution in [2.45, 2.75) is 19.0 Å². The third-order valence-electron chi connectivity index (χ3n) is 3.55. The van der Waals surface area contributed by atoms with Crippen molar-refractivity contribution in [2.24, 2.45) is 0 Å². The lowest BCUT2D eigenvalue weighted by Crippen LogP contribution is -2.05. The number of carbonyl (C=O) groups excluding carboxylic acids is 1. The van der Waals surface area contributed by atoms with Crippen LogP contribution in [-0.4, -0.2) is 34.0 Å². The number of carbonyl (C=O) groups is 1. The second-order valence-electron chi connectivity index (χ2n) is 5.25. The molecule has 0 amide bonds. The average Bonchev–Trinajstić information content (AvgIpc) is 3.08. The zero-order valence-electron chi connectivity index (χ0n) is 14.1. The topological polar surface area (TPSA) is 78.1 Å². The molecule has 3 aromatic rings. The van der Waals surface area contributed by atoms with Crippen molar-refractivity contribution in [3.63, 3.8) is 0 Å². The first kappa shape index (κ1) is 17.2. The van der Waals surface area contributed by atoms with E-state index in [1.807, 2.05) is 37.4 Å². The second-order valence-corrected chi connectivity index (χ2v) is 6.02. The molecule has 0 aliphatic rings. The number of esters is 1. The Morgan fingerprint density at radius 3 is 2.68 bits per heavy atom. The molecule has 2 aromatic heterocycles. The normalized spacial score (nSPS) is 10.7. The van der Waals surface area contributed by atoms with Crippen LogP contribution >= 0.6 is 11.8 Å². The summed E-state index contributed by atoms with van der Waals surface area (Å²) in [5.41, 5.74) is 3.60. The van der Waals surface area contributed by atoms with Gasteiger partial charge in [-0.25, -0.2) is 14.8 Å². The fraction of sp³-hybridized carbons (Fsp3) is 0.222. The van der Waals surface area contributed by atoms with Gasteiger partial charge in [0, 0.05) is 11.8 Å². The fourth-order valence-corrected chi connectivity index (χ4v) is 2.71. The third-order valence-corrected chi connectivity index (χ3v) is 4.11. The number of nitrogens with zero attached hydrogens (tertiary/aromatic N) is 3. The van der Waals surface area contributed by atoms with Crippen molar-refractivity contribution in [3.8, 4) is 22.5 Å². The van der Waals surface area contributed by atoms with Gasteiger partial charge in [-0.15, -0.1) is 0 Å². The van der Waals surface area contributed by atoms with Crippen LogP contribution in [0.25, 0.3) is 22.5 Å². The van der Waals surface area contributed by atoms with E-state index in [1.54, 1.807) is 19.2 Å². The highest BCUT2D eigenvalue weighted by Gasteiger charge is 2.26. The molecule has 0 aliphatic heterocycles. The second kappa shape index (κ2) is 7.48. The molecule has 0 atom stereocenters. The molecular formula is C18H17N3O3S. The molecular weight excluding hydrogens is 338 g/mol. The van der Waals surface area contributed by atoms with Crippen LogP contribution in [0.3, 0.4) is 0 Å². The van der Waals surface area contributed by atoms with Crippen molar-refractivity contribution < 1.29 is 14.1 Å². The Morgan fingerprint density at radius 2 is 2.00 bits per heavy atom. The van der Waals surface area contributed by atoms with Crippen molar-refractivity contribution in [1.29, 1.82) is 0 Å². The molecule has 6 nitrogen and oxygen atoms in total. The van der Waals surface area contributed by atoms with Gasteiger partial charge in [0.15, 0.2) is 5.16 Å². The van der Waals surface area contributed by atoms with Crippen LogP contribution in [0.1, 0.15) is 23.0 Å². The molecule has 128 valence electrons. The summed E-state index contributed by atoms with van der Waals surface area (Å²) >= 11 is 1.42. The molecule has 0 saturated heterocycles. The van der Waals surface area contributed by atoms with E-state index in [9.17, 15) is 4.79 Å². The minimum absolute atomic E-state index is 0.0446. The minimum Gasteiger partial charge on any atom is -0.460 e. The van der Waals surface area contributed by atoms with Crippen LogP contribution in [0.2, 0.25) is 0 Å². The summed E-state index contributed by atoms with van der Waals surface area (Å²) in [7, 11) is 0. The smallest absolute Gasteiger partial charge is 0.377 e. The number of thioether (sulfide) groups is 1. The summed E-state index contributed by atoms with van der Waals surface area (Å²) in [6, 6.07) is 9.55. The summed E-state index contributed by atoms with van der Waals surface area (Å²) in [5.74, 6) is -0.518. The molecule has 0 unspecified atom stereocenters. The Morgan fingerprint density at radius 1 is 1.24 bits per heavy atom. The molecule has 3 rings (SSSR count). The number of hydrogen-bond donors (Lipinski definition) is 0. The van der Waals surface area contributed by atoms with Gasteiger partial charge in [0.2, 0.25) is 0 Å². The van der Waals surface area contributed by atoms with Crippen LogP contribution in [0, 0.1) is 6.92 Å². The summed E-state index contributed by atoms with van der Waals surface area (Å²) in [5, 5.41) is 4.71. The first-order chi connectivity index (χ1) is 12.1. The van der Waals surface area contributed by atoms with Gasteiger partial charge in [0.05, 0.1) is 17.9 Å². The predicted octanol–water partition coefficient (Wildman–Crippen LogP) is 4.01. The van der Waals surface area contributed by atoms with Gasteiger partial charge in [0.1, 0.15) is 5.69 Å². The lowest BCUT2D eigenvalue weighted by molar-refractivity contribution is 0.0481. The average molecular weight is 355 g/mol. The maximum Gasteiger partial charge on any atom is 0.377 e. The Hall–Kier alpha value is -2.67. The monoisotopic (exact) mass is 355 g/mol. The molecule has 0 aliphatic carbocycles. The maximum atomic E-state index is 12.3. The first-order valence-electron chi connectivity index (χ1n) is 7.75. The summed E-state index contributed by atoms with van der Waals surface area (Å²) in [6.45, 7) is 4.00. The number of ether oxygens (including phenoxy) is 1. The quantitative estimate of drug-likeness (QED) is 0.389. The Kier molecular flexibility index (Phi) is 5.14. The van der Waals surface area contributed by atoms with Crippen LogP contribution in [-0.2, 0) is 4.74 Å². The van der Waals surface area contributed by atoms with Gasteiger partial charge in [-0.1, -0.05) is 46.7 Å². The first-order valence-corrected chi connectivity index (χ1v) is 8.97. The van der Waals surface area contributed by atoms with E-state index in [-0.39, 0.29) is 12.4 Å². The van der Waals surface area contributed by atoms with Crippen molar-refractivity contribution in [1.82, 2.24) is 15.1 Å². The van der Waals surface area contributed by atoms with Crippen molar-refractivity contribution >= 4 is 17.7 Å². The van der Waals surface area contributed by atoms with Crippen LogP contribution in [0.15, 0.2) is 46.2 Å². The molecule has 0 bridgehead atoms. The highest BCUT2D eigenvalue weighted by atomic mass is 32.2. The van der Waals surface area contributed by atoms with Gasteiger partial charge < -0.3 is 9.26 Å². The van der Waals surface area contributed by atoms with Gasteiger partial charge in [0.25, 0.3) is 5.76 Å². The number of rotatable bonds is 5. The Balaban J connectivity index is 2.19. The van der Waals surface area contributed by atoms with Crippen LogP contribution in [0.4, 0.5) is 0 Å². The molecule has 7 heteroatoms. The molecule has 0 saturated carbocycles. The van der Waals surface area contributed by atoms with E-state index in [2.05, 4.69) is 15.1 Å². The predicted molar refractivity (Wildman–Crippen MR) is 95.4 cm³/mol. The number of hydrogen-bond acceptors (Lipinski definition) is 7. The summed E-state index contributed by atoms with van der Waals surface area (Å²) in [6.07, 6.45) is 3.54. The fourth-order valence-electron chi connectivity index (χ4n) is 2.35. The molecule has 0 N–H and O–H groups in total. The van der Waals surface area contributed by atoms with Gasteiger partial charge in [-0.3, -0.25) is 0 Å². The number of aromatic nitrogens is 3. The zero-order chi connectivity index (χ0) is 17.8. The van der Waals surface area contributed by atoms with Crippen LogP contribution in [0.5, 0.6) is 0 Å². The van der Waals surface area contributed by atoms with E-state index in [1.165, 1.54) is 11.8 Å². The highest BCUT2D eigenvalue weighted by molar-refractivity contribution is 7.98. The largest absolute Gasteiger partial charge is 0.460 e. The number of benzene rings is 1. The van der Waals surface area contributed by atoms with Crippen molar-refractivity contribution in [2.75, 3.05) is 12.9 Å². The molecule has 0 fully saturated rings. The molecule has 0 spiro atoms. The SMILES string of the molecule is CCOC(=O)c1onc(-c2ccc(C)cc2)c1-c1ccnc(SC)n1.